The molecule has 3 heteroatoms. The maximum atomic E-state index is 9.38. The van der Waals surface area contributed by atoms with Crippen LogP contribution in [0.2, 0.25) is 0 Å². The number of rotatable bonds is 6. The number of likely N-dealkylation sites (tertiary alicyclic amines) is 1. The SMILES string of the molecule is Oc1ccc(C2CCN(CCCOc3ccccc3)CC2)cc1. The summed E-state index contributed by atoms with van der Waals surface area (Å²) in [6.07, 6.45) is 3.47. The van der Waals surface area contributed by atoms with Gasteiger partial charge in [-0.3, -0.25) is 0 Å². The molecule has 2 aromatic carbocycles. The van der Waals surface area contributed by atoms with E-state index < -0.39 is 0 Å². The Kier molecular flexibility index (Phi) is 5.54. The van der Waals surface area contributed by atoms with Gasteiger partial charge in [0.05, 0.1) is 6.61 Å². The number of nitrogens with zero attached hydrogens (tertiary/aromatic N) is 1. The maximum absolute atomic E-state index is 9.38. The first-order chi connectivity index (χ1) is 11.3. The minimum atomic E-state index is 0.351. The molecule has 122 valence electrons. The van der Waals surface area contributed by atoms with Crippen molar-refractivity contribution in [3.8, 4) is 11.5 Å². The highest BCUT2D eigenvalue weighted by Crippen LogP contribution is 2.28. The Morgan fingerprint density at radius 3 is 2.35 bits per heavy atom. The molecule has 0 spiro atoms. The fraction of sp³-hybridized carbons (Fsp3) is 0.400. The molecule has 0 aromatic heterocycles. The van der Waals surface area contributed by atoms with E-state index in [4.69, 9.17) is 4.74 Å². The predicted molar refractivity (Wildman–Crippen MR) is 93.1 cm³/mol. The van der Waals surface area contributed by atoms with E-state index in [1.807, 2.05) is 30.3 Å². The van der Waals surface area contributed by atoms with Crippen molar-refractivity contribution >= 4 is 0 Å². The van der Waals surface area contributed by atoms with E-state index in [1.54, 1.807) is 12.1 Å². The van der Waals surface area contributed by atoms with Gasteiger partial charge in [0, 0.05) is 6.54 Å². The summed E-state index contributed by atoms with van der Waals surface area (Å²) in [5.41, 5.74) is 1.36. The standard InChI is InChI=1S/C20H25NO2/c22-19-9-7-17(8-10-19)18-11-14-21(15-12-18)13-4-16-23-20-5-2-1-3-6-20/h1-3,5-10,18,22H,4,11-16H2. The third-order valence-corrected chi connectivity index (χ3v) is 4.58. The molecule has 0 unspecified atom stereocenters. The summed E-state index contributed by atoms with van der Waals surface area (Å²) in [7, 11) is 0. The monoisotopic (exact) mass is 311 g/mol. The van der Waals surface area contributed by atoms with Crippen LogP contribution in [0.25, 0.3) is 0 Å². The average Bonchev–Trinajstić information content (AvgIpc) is 2.61. The van der Waals surface area contributed by atoms with Gasteiger partial charge in [-0.1, -0.05) is 30.3 Å². The van der Waals surface area contributed by atoms with Crippen molar-refractivity contribution in [3.05, 3.63) is 60.2 Å². The van der Waals surface area contributed by atoms with E-state index >= 15 is 0 Å². The van der Waals surface area contributed by atoms with E-state index in [2.05, 4.69) is 17.0 Å². The predicted octanol–water partition coefficient (Wildman–Crippen LogP) is 4.04. The van der Waals surface area contributed by atoms with Crippen molar-refractivity contribution in [2.75, 3.05) is 26.2 Å². The number of piperidine rings is 1. The fourth-order valence-electron chi connectivity index (χ4n) is 3.23. The Morgan fingerprint density at radius 1 is 0.957 bits per heavy atom. The van der Waals surface area contributed by atoms with Crippen molar-refractivity contribution in [2.24, 2.45) is 0 Å². The quantitative estimate of drug-likeness (QED) is 0.817. The normalized spacial score (nSPS) is 16.3. The summed E-state index contributed by atoms with van der Waals surface area (Å²) < 4.78 is 5.75. The zero-order valence-electron chi connectivity index (χ0n) is 13.5. The van der Waals surface area contributed by atoms with Crippen LogP contribution in [-0.4, -0.2) is 36.2 Å². The zero-order chi connectivity index (χ0) is 15.9. The van der Waals surface area contributed by atoms with Crippen LogP contribution in [0.1, 0.15) is 30.7 Å². The van der Waals surface area contributed by atoms with Crippen molar-refractivity contribution in [2.45, 2.75) is 25.2 Å². The first kappa shape index (κ1) is 15.9. The van der Waals surface area contributed by atoms with E-state index in [0.29, 0.717) is 11.7 Å². The van der Waals surface area contributed by atoms with Gasteiger partial charge >= 0.3 is 0 Å². The molecule has 0 radical (unpaired) electrons. The highest BCUT2D eigenvalue weighted by molar-refractivity contribution is 5.28. The summed E-state index contributed by atoms with van der Waals surface area (Å²) >= 11 is 0. The van der Waals surface area contributed by atoms with E-state index in [1.165, 1.54) is 18.4 Å². The first-order valence-electron chi connectivity index (χ1n) is 8.50. The van der Waals surface area contributed by atoms with E-state index in [9.17, 15) is 5.11 Å². The second-order valence-corrected chi connectivity index (χ2v) is 6.22. The average molecular weight is 311 g/mol. The Hall–Kier alpha value is -2.00. The second kappa shape index (κ2) is 8.02. The summed E-state index contributed by atoms with van der Waals surface area (Å²) in [6, 6.07) is 17.7. The molecule has 0 bridgehead atoms. The molecule has 0 saturated carbocycles. The number of phenols is 1. The lowest BCUT2D eigenvalue weighted by Crippen LogP contribution is -2.34. The molecule has 1 aliphatic rings. The van der Waals surface area contributed by atoms with Crippen molar-refractivity contribution in [1.29, 1.82) is 0 Å². The van der Waals surface area contributed by atoms with Crippen LogP contribution in [0.3, 0.4) is 0 Å². The highest BCUT2D eigenvalue weighted by atomic mass is 16.5. The third-order valence-electron chi connectivity index (χ3n) is 4.58. The second-order valence-electron chi connectivity index (χ2n) is 6.22. The third kappa shape index (κ3) is 4.73. The van der Waals surface area contributed by atoms with Gasteiger partial charge in [0.2, 0.25) is 0 Å². The van der Waals surface area contributed by atoms with Crippen LogP contribution >= 0.6 is 0 Å². The van der Waals surface area contributed by atoms with Crippen LogP contribution in [-0.2, 0) is 0 Å². The largest absolute Gasteiger partial charge is 0.508 e. The number of benzene rings is 2. The minimum Gasteiger partial charge on any atom is -0.508 e. The zero-order valence-corrected chi connectivity index (χ0v) is 13.5. The summed E-state index contributed by atoms with van der Waals surface area (Å²) in [4.78, 5) is 2.53. The first-order valence-corrected chi connectivity index (χ1v) is 8.50. The number of phenolic OH excluding ortho intramolecular Hbond substituents is 1. The Bertz CT molecular complexity index is 574. The molecule has 0 aliphatic carbocycles. The highest BCUT2D eigenvalue weighted by Gasteiger charge is 2.20. The molecule has 3 rings (SSSR count). The molecular weight excluding hydrogens is 286 g/mol. The van der Waals surface area contributed by atoms with E-state index in [0.717, 1.165) is 38.4 Å². The number of ether oxygens (including phenoxy) is 1. The van der Waals surface area contributed by atoms with Crippen molar-refractivity contribution in [1.82, 2.24) is 4.90 Å². The van der Waals surface area contributed by atoms with Gasteiger partial charge in [-0.05, 0) is 68.1 Å². The number of para-hydroxylation sites is 1. The Balaban J connectivity index is 1.35. The van der Waals surface area contributed by atoms with Gasteiger partial charge < -0.3 is 14.7 Å². The van der Waals surface area contributed by atoms with Crippen LogP contribution in [0, 0.1) is 0 Å². The molecule has 1 aliphatic heterocycles. The molecule has 1 N–H and O–H groups in total. The van der Waals surface area contributed by atoms with Gasteiger partial charge in [0.1, 0.15) is 11.5 Å². The lowest BCUT2D eigenvalue weighted by atomic mass is 9.89. The molecule has 0 amide bonds. The van der Waals surface area contributed by atoms with E-state index in [-0.39, 0.29) is 0 Å². The Morgan fingerprint density at radius 2 is 1.65 bits per heavy atom. The van der Waals surface area contributed by atoms with Gasteiger partial charge in [-0.25, -0.2) is 0 Å². The van der Waals surface area contributed by atoms with Crippen molar-refractivity contribution in [3.63, 3.8) is 0 Å². The fourth-order valence-corrected chi connectivity index (χ4v) is 3.23. The number of hydrogen-bond acceptors (Lipinski definition) is 3. The molecule has 1 heterocycles. The lowest BCUT2D eigenvalue weighted by Gasteiger charge is -2.32. The summed E-state index contributed by atoms with van der Waals surface area (Å²) in [5.74, 6) is 1.94. The number of aromatic hydroxyl groups is 1. The molecular formula is C20H25NO2. The molecule has 3 nitrogen and oxygen atoms in total. The molecule has 1 saturated heterocycles. The van der Waals surface area contributed by atoms with Crippen LogP contribution in [0.15, 0.2) is 54.6 Å². The van der Waals surface area contributed by atoms with Crippen LogP contribution < -0.4 is 4.74 Å². The Labute approximate surface area is 138 Å². The van der Waals surface area contributed by atoms with Gasteiger partial charge in [0.25, 0.3) is 0 Å². The van der Waals surface area contributed by atoms with Gasteiger partial charge in [-0.2, -0.15) is 0 Å². The smallest absolute Gasteiger partial charge is 0.119 e. The van der Waals surface area contributed by atoms with Gasteiger partial charge in [-0.15, -0.1) is 0 Å². The topological polar surface area (TPSA) is 32.7 Å². The lowest BCUT2D eigenvalue weighted by molar-refractivity contribution is 0.193. The number of hydrogen-bond donors (Lipinski definition) is 1. The maximum Gasteiger partial charge on any atom is 0.119 e. The molecule has 23 heavy (non-hydrogen) atoms. The summed E-state index contributed by atoms with van der Waals surface area (Å²) in [6.45, 7) is 4.19. The molecule has 0 atom stereocenters. The van der Waals surface area contributed by atoms with Gasteiger partial charge in [0.15, 0.2) is 0 Å². The van der Waals surface area contributed by atoms with Crippen LogP contribution in [0.4, 0.5) is 0 Å². The molecule has 1 fully saturated rings. The molecule has 2 aromatic rings. The summed E-state index contributed by atoms with van der Waals surface area (Å²) in [5, 5.41) is 9.38. The van der Waals surface area contributed by atoms with Crippen molar-refractivity contribution < 1.29 is 9.84 Å². The minimum absolute atomic E-state index is 0.351. The van der Waals surface area contributed by atoms with Crippen LogP contribution in [0.5, 0.6) is 11.5 Å².